The van der Waals surface area contributed by atoms with Gasteiger partial charge in [0.1, 0.15) is 5.03 Å². The minimum atomic E-state index is -0.00141. The number of halogens is 1. The van der Waals surface area contributed by atoms with Gasteiger partial charge < -0.3 is 10.2 Å². The van der Waals surface area contributed by atoms with Crippen LogP contribution in [0.4, 0.5) is 0 Å². The van der Waals surface area contributed by atoms with E-state index in [-0.39, 0.29) is 11.8 Å². The van der Waals surface area contributed by atoms with Gasteiger partial charge in [-0.2, -0.15) is 0 Å². The maximum Gasteiger partial charge on any atom is 0.256 e. The van der Waals surface area contributed by atoms with Crippen molar-refractivity contribution in [1.29, 1.82) is 0 Å². The first-order valence-corrected chi connectivity index (χ1v) is 10.6. The second-order valence-electron chi connectivity index (χ2n) is 6.58. The van der Waals surface area contributed by atoms with Gasteiger partial charge in [0.2, 0.25) is 5.91 Å². The average Bonchev–Trinajstić information content (AvgIpc) is 2.68. The molecule has 1 aliphatic heterocycles. The van der Waals surface area contributed by atoms with Crippen molar-refractivity contribution in [2.75, 3.05) is 19.6 Å². The van der Waals surface area contributed by atoms with Gasteiger partial charge in [0.25, 0.3) is 5.91 Å². The molecule has 5 nitrogen and oxygen atoms in total. The lowest BCUT2D eigenvalue weighted by molar-refractivity contribution is -0.119. The number of pyridine rings is 1. The highest BCUT2D eigenvalue weighted by Crippen LogP contribution is 2.30. The quantitative estimate of drug-likeness (QED) is 0.752. The smallest absolute Gasteiger partial charge is 0.256 e. The molecular formula is C20H22BrN3O2S. The van der Waals surface area contributed by atoms with Gasteiger partial charge in [0, 0.05) is 42.1 Å². The summed E-state index contributed by atoms with van der Waals surface area (Å²) in [5, 5.41) is 3.60. The predicted molar refractivity (Wildman–Crippen MR) is 110 cm³/mol. The monoisotopic (exact) mass is 447 g/mol. The number of likely N-dealkylation sites (tertiary alicyclic amines) is 1. The third-order valence-corrected chi connectivity index (χ3v) is 6.13. The van der Waals surface area contributed by atoms with Crippen LogP contribution in [0.3, 0.4) is 0 Å². The maximum absolute atomic E-state index is 13.0. The number of nitrogens with one attached hydrogen (secondary N) is 1. The first kappa shape index (κ1) is 19.9. The fourth-order valence-electron chi connectivity index (χ4n) is 3.05. The molecule has 1 aromatic heterocycles. The van der Waals surface area contributed by atoms with Gasteiger partial charge in [-0.05, 0) is 55.2 Å². The number of amides is 2. The molecule has 7 heteroatoms. The largest absolute Gasteiger partial charge is 0.356 e. The number of carbonyl (C=O) groups excluding carboxylic acids is 2. The summed E-state index contributed by atoms with van der Waals surface area (Å²) in [5.41, 5.74) is 0.644. The Morgan fingerprint density at radius 2 is 1.93 bits per heavy atom. The molecule has 0 bridgehead atoms. The Hall–Kier alpha value is -1.86. The van der Waals surface area contributed by atoms with Crippen LogP contribution in [0.1, 0.15) is 30.1 Å². The molecule has 1 aromatic carbocycles. The number of rotatable bonds is 5. The third kappa shape index (κ3) is 5.56. The number of aromatic nitrogens is 1. The minimum absolute atomic E-state index is 0.00141. The Morgan fingerprint density at radius 3 is 2.59 bits per heavy atom. The molecule has 1 aliphatic rings. The van der Waals surface area contributed by atoms with Crippen LogP contribution in [0.25, 0.3) is 0 Å². The van der Waals surface area contributed by atoms with Crippen LogP contribution in [-0.4, -0.2) is 41.3 Å². The first-order valence-electron chi connectivity index (χ1n) is 8.95. The van der Waals surface area contributed by atoms with E-state index < -0.39 is 0 Å². The van der Waals surface area contributed by atoms with E-state index in [4.69, 9.17) is 0 Å². The molecule has 0 saturated carbocycles. The zero-order valence-electron chi connectivity index (χ0n) is 15.2. The van der Waals surface area contributed by atoms with Crippen LogP contribution < -0.4 is 5.32 Å². The first-order chi connectivity index (χ1) is 13.0. The second-order valence-corrected chi connectivity index (χ2v) is 8.56. The van der Waals surface area contributed by atoms with Gasteiger partial charge >= 0.3 is 0 Å². The fourth-order valence-corrected chi connectivity index (χ4v) is 4.19. The van der Waals surface area contributed by atoms with Crippen LogP contribution in [0.2, 0.25) is 0 Å². The summed E-state index contributed by atoms with van der Waals surface area (Å²) < 4.78 is 1.02. The molecule has 0 atom stereocenters. The molecule has 1 N–H and O–H groups in total. The summed E-state index contributed by atoms with van der Waals surface area (Å²) in [6.45, 7) is 3.64. The van der Waals surface area contributed by atoms with Crippen molar-refractivity contribution in [3.63, 3.8) is 0 Å². The Labute approximate surface area is 172 Å². The lowest BCUT2D eigenvalue weighted by Gasteiger charge is -2.32. The molecule has 1 fully saturated rings. The topological polar surface area (TPSA) is 62.3 Å². The van der Waals surface area contributed by atoms with E-state index in [0.29, 0.717) is 31.1 Å². The molecule has 0 aliphatic carbocycles. The van der Waals surface area contributed by atoms with Crippen LogP contribution >= 0.6 is 27.7 Å². The summed E-state index contributed by atoms with van der Waals surface area (Å²) >= 11 is 4.94. The number of hydrogen-bond donors (Lipinski definition) is 1. The second kappa shape index (κ2) is 9.37. The standard InChI is InChI=1S/C20H22BrN3O2S/c1-14(25)23-13-15-8-11-24(12-9-15)20(26)18-3-2-10-22-19(18)27-17-6-4-16(21)5-7-17/h2-7,10,15H,8-9,11-13H2,1H3,(H,23,25). The van der Waals surface area contributed by atoms with Crippen molar-refractivity contribution in [3.05, 3.63) is 52.6 Å². The van der Waals surface area contributed by atoms with Gasteiger partial charge in [0.05, 0.1) is 5.56 Å². The molecule has 0 unspecified atom stereocenters. The number of nitrogens with zero attached hydrogens (tertiary/aromatic N) is 2. The normalized spacial score (nSPS) is 14.8. The van der Waals surface area contributed by atoms with Crippen LogP contribution in [-0.2, 0) is 4.79 Å². The lowest BCUT2D eigenvalue weighted by Crippen LogP contribution is -2.41. The molecule has 0 radical (unpaired) electrons. The molecular weight excluding hydrogens is 426 g/mol. The number of benzene rings is 1. The van der Waals surface area contributed by atoms with Crippen LogP contribution in [0.5, 0.6) is 0 Å². The summed E-state index contributed by atoms with van der Waals surface area (Å²) in [7, 11) is 0. The summed E-state index contributed by atoms with van der Waals surface area (Å²) in [6.07, 6.45) is 3.53. The molecule has 3 rings (SSSR count). The summed E-state index contributed by atoms with van der Waals surface area (Å²) in [6, 6.07) is 11.6. The summed E-state index contributed by atoms with van der Waals surface area (Å²) in [5.74, 6) is 0.461. The van der Waals surface area contributed by atoms with Crippen molar-refractivity contribution >= 4 is 39.5 Å². The lowest BCUT2D eigenvalue weighted by atomic mass is 9.96. The van der Waals surface area contributed by atoms with Gasteiger partial charge in [-0.3, -0.25) is 9.59 Å². The Morgan fingerprint density at radius 1 is 1.22 bits per heavy atom. The minimum Gasteiger partial charge on any atom is -0.356 e. The molecule has 27 heavy (non-hydrogen) atoms. The summed E-state index contributed by atoms with van der Waals surface area (Å²) in [4.78, 5) is 31.5. The fraction of sp³-hybridized carbons (Fsp3) is 0.350. The Bertz CT molecular complexity index is 805. The van der Waals surface area contributed by atoms with E-state index in [2.05, 4.69) is 26.2 Å². The van der Waals surface area contributed by atoms with Crippen LogP contribution in [0, 0.1) is 5.92 Å². The maximum atomic E-state index is 13.0. The van der Waals surface area contributed by atoms with E-state index in [0.717, 1.165) is 27.2 Å². The molecule has 2 aromatic rings. The average molecular weight is 448 g/mol. The number of piperidine rings is 1. The van der Waals surface area contributed by atoms with Gasteiger partial charge in [0.15, 0.2) is 0 Å². The van der Waals surface area contributed by atoms with Crippen molar-refractivity contribution in [3.8, 4) is 0 Å². The van der Waals surface area contributed by atoms with E-state index in [9.17, 15) is 9.59 Å². The zero-order chi connectivity index (χ0) is 19.2. The van der Waals surface area contributed by atoms with E-state index in [1.807, 2.05) is 41.3 Å². The van der Waals surface area contributed by atoms with Gasteiger partial charge in [-0.25, -0.2) is 4.98 Å². The molecule has 1 saturated heterocycles. The van der Waals surface area contributed by atoms with Crippen LogP contribution in [0.15, 0.2) is 57.0 Å². The molecule has 2 amide bonds. The number of carbonyl (C=O) groups is 2. The Kier molecular flexibility index (Phi) is 6.90. The van der Waals surface area contributed by atoms with Crippen molar-refractivity contribution in [2.24, 2.45) is 5.92 Å². The van der Waals surface area contributed by atoms with Crippen molar-refractivity contribution in [2.45, 2.75) is 29.7 Å². The van der Waals surface area contributed by atoms with E-state index in [1.165, 1.54) is 18.7 Å². The van der Waals surface area contributed by atoms with Crippen molar-refractivity contribution in [1.82, 2.24) is 15.2 Å². The zero-order valence-corrected chi connectivity index (χ0v) is 17.6. The molecule has 0 spiro atoms. The highest BCUT2D eigenvalue weighted by atomic mass is 79.9. The molecule has 2 heterocycles. The predicted octanol–water partition coefficient (Wildman–Crippen LogP) is 3.98. The SMILES string of the molecule is CC(=O)NCC1CCN(C(=O)c2cccnc2Sc2ccc(Br)cc2)CC1. The van der Waals surface area contributed by atoms with E-state index in [1.54, 1.807) is 6.20 Å². The van der Waals surface area contributed by atoms with E-state index >= 15 is 0 Å². The highest BCUT2D eigenvalue weighted by Gasteiger charge is 2.25. The third-order valence-electron chi connectivity index (χ3n) is 4.57. The molecule has 142 valence electrons. The van der Waals surface area contributed by atoms with Gasteiger partial charge in [-0.1, -0.05) is 27.7 Å². The highest BCUT2D eigenvalue weighted by molar-refractivity contribution is 9.10. The van der Waals surface area contributed by atoms with Gasteiger partial charge in [-0.15, -0.1) is 0 Å². The number of hydrogen-bond acceptors (Lipinski definition) is 4. The Balaban J connectivity index is 1.65. The van der Waals surface area contributed by atoms with Crippen molar-refractivity contribution < 1.29 is 9.59 Å².